The third-order valence-electron chi connectivity index (χ3n) is 6.97. The molecular weight excluding hydrogens is 346 g/mol. The van der Waals surface area contributed by atoms with Crippen molar-refractivity contribution in [1.29, 1.82) is 5.26 Å². The third-order valence-corrected chi connectivity index (χ3v) is 6.97. The van der Waals surface area contributed by atoms with E-state index in [1.54, 1.807) is 24.3 Å². The van der Waals surface area contributed by atoms with Gasteiger partial charge in [-0.2, -0.15) is 5.26 Å². The van der Waals surface area contributed by atoms with E-state index >= 15 is 0 Å². The molecule has 0 N–H and O–H groups in total. The summed E-state index contributed by atoms with van der Waals surface area (Å²) in [6.45, 7) is 2.28. The molecule has 2 aliphatic carbocycles. The topological polar surface area (TPSA) is 50.1 Å². The first kappa shape index (κ1) is 20.9. The molecule has 0 radical (unpaired) electrons. The van der Waals surface area contributed by atoms with Gasteiger partial charge in [0.25, 0.3) is 0 Å². The number of hydrogen-bond acceptors (Lipinski definition) is 3. The Bertz CT molecular complexity index is 660. The fourth-order valence-electron chi connectivity index (χ4n) is 5.30. The highest BCUT2D eigenvalue weighted by Gasteiger charge is 2.38. The van der Waals surface area contributed by atoms with Gasteiger partial charge in [0.2, 0.25) is 0 Å². The molecule has 4 atom stereocenters. The number of fused-ring (bicyclic) bond motifs is 1. The molecule has 4 unspecified atom stereocenters. The zero-order chi connectivity index (χ0) is 19.8. The number of hydrogen-bond donors (Lipinski definition) is 0. The molecular formula is C25H35NO2. The number of nitriles is 1. The molecule has 1 aromatic carbocycles. The van der Waals surface area contributed by atoms with Gasteiger partial charge in [0, 0.05) is 0 Å². The second-order valence-corrected chi connectivity index (χ2v) is 8.97. The van der Waals surface area contributed by atoms with Gasteiger partial charge in [-0.3, -0.25) is 4.79 Å². The maximum absolute atomic E-state index is 12.6. The van der Waals surface area contributed by atoms with Crippen molar-refractivity contribution < 1.29 is 9.53 Å². The predicted molar refractivity (Wildman–Crippen MR) is 112 cm³/mol. The first-order valence-electron chi connectivity index (χ1n) is 11.4. The van der Waals surface area contributed by atoms with Gasteiger partial charge in [-0.05, 0) is 74.1 Å². The summed E-state index contributed by atoms with van der Waals surface area (Å²) in [6.07, 6.45) is 15.5. The van der Waals surface area contributed by atoms with E-state index in [4.69, 9.17) is 10.00 Å². The molecule has 0 bridgehead atoms. The summed E-state index contributed by atoms with van der Waals surface area (Å²) in [4.78, 5) is 12.6. The maximum atomic E-state index is 12.6. The second kappa shape index (κ2) is 10.6. The van der Waals surface area contributed by atoms with Crippen molar-refractivity contribution >= 4 is 5.97 Å². The number of rotatable bonds is 8. The van der Waals surface area contributed by atoms with Crippen molar-refractivity contribution in [3.05, 3.63) is 29.8 Å². The lowest BCUT2D eigenvalue weighted by Crippen LogP contribution is -2.35. The molecule has 1 aromatic rings. The molecule has 3 nitrogen and oxygen atoms in total. The molecule has 2 fully saturated rings. The summed E-state index contributed by atoms with van der Waals surface area (Å²) >= 11 is 0. The predicted octanol–water partition coefficient (Wildman–Crippen LogP) is 6.66. The highest BCUT2D eigenvalue weighted by Crippen LogP contribution is 2.46. The maximum Gasteiger partial charge on any atom is 0.314 e. The normalized spacial score (nSPS) is 26.9. The molecule has 0 aliphatic heterocycles. The van der Waals surface area contributed by atoms with E-state index in [0.717, 1.165) is 24.7 Å². The van der Waals surface area contributed by atoms with E-state index in [0.29, 0.717) is 17.2 Å². The smallest absolute Gasteiger partial charge is 0.314 e. The fraction of sp³-hybridized carbons (Fsp3) is 0.680. The van der Waals surface area contributed by atoms with Crippen molar-refractivity contribution in [1.82, 2.24) is 0 Å². The van der Waals surface area contributed by atoms with E-state index in [9.17, 15) is 4.79 Å². The van der Waals surface area contributed by atoms with Crippen molar-refractivity contribution in [2.75, 3.05) is 0 Å². The molecule has 3 rings (SSSR count). The minimum atomic E-state index is -0.0822. The third kappa shape index (κ3) is 5.84. The highest BCUT2D eigenvalue weighted by atomic mass is 16.5. The number of benzene rings is 1. The largest absolute Gasteiger partial charge is 0.426 e. The number of carbonyl (C=O) groups is 1. The first-order chi connectivity index (χ1) is 13.7. The molecule has 0 saturated heterocycles. The van der Waals surface area contributed by atoms with Crippen molar-refractivity contribution in [3.63, 3.8) is 0 Å². The van der Waals surface area contributed by atoms with Crippen LogP contribution in [-0.4, -0.2) is 5.97 Å². The Hall–Kier alpha value is -1.82. The Kier molecular flexibility index (Phi) is 7.95. The minimum Gasteiger partial charge on any atom is -0.426 e. The van der Waals surface area contributed by atoms with Gasteiger partial charge in [0.05, 0.1) is 17.6 Å². The lowest BCUT2D eigenvalue weighted by molar-refractivity contribution is -0.141. The van der Waals surface area contributed by atoms with E-state index in [1.807, 2.05) is 0 Å². The van der Waals surface area contributed by atoms with Crippen molar-refractivity contribution in [2.24, 2.45) is 23.7 Å². The fourth-order valence-corrected chi connectivity index (χ4v) is 5.30. The van der Waals surface area contributed by atoms with Crippen molar-refractivity contribution in [3.8, 4) is 11.8 Å². The Morgan fingerprint density at radius 2 is 1.71 bits per heavy atom. The summed E-state index contributed by atoms with van der Waals surface area (Å²) in [5.74, 6) is 2.98. The van der Waals surface area contributed by atoms with Crippen LogP contribution in [0.4, 0.5) is 0 Å². The van der Waals surface area contributed by atoms with Gasteiger partial charge in [-0.1, -0.05) is 51.9 Å². The average Bonchev–Trinajstić information content (AvgIpc) is 2.73. The highest BCUT2D eigenvalue weighted by molar-refractivity contribution is 5.75. The minimum absolute atomic E-state index is 0.0440. The summed E-state index contributed by atoms with van der Waals surface area (Å²) in [7, 11) is 0. The molecule has 0 spiro atoms. The van der Waals surface area contributed by atoms with Gasteiger partial charge >= 0.3 is 5.97 Å². The van der Waals surface area contributed by atoms with Gasteiger partial charge in [0.15, 0.2) is 0 Å². The number of unbranched alkanes of at least 4 members (excludes halogenated alkanes) is 4. The quantitative estimate of drug-likeness (QED) is 0.287. The summed E-state index contributed by atoms with van der Waals surface area (Å²) in [5, 5.41) is 8.87. The van der Waals surface area contributed by atoms with Crippen LogP contribution in [0.5, 0.6) is 5.75 Å². The van der Waals surface area contributed by atoms with Crippen LogP contribution in [0.25, 0.3) is 0 Å². The molecule has 0 heterocycles. The summed E-state index contributed by atoms with van der Waals surface area (Å²) in [5.41, 5.74) is 0.586. The number of ether oxygens (including phenoxy) is 1. The van der Waals surface area contributed by atoms with Crippen LogP contribution in [0.1, 0.15) is 89.5 Å². The molecule has 28 heavy (non-hydrogen) atoms. The monoisotopic (exact) mass is 381 g/mol. The zero-order valence-electron chi connectivity index (χ0n) is 17.4. The lowest BCUT2D eigenvalue weighted by atomic mass is 9.64. The van der Waals surface area contributed by atoms with Crippen LogP contribution >= 0.6 is 0 Å². The summed E-state index contributed by atoms with van der Waals surface area (Å²) in [6, 6.07) is 8.91. The molecule has 2 aliphatic rings. The standard InChI is InChI=1S/C25H35NO2/c1-2-3-4-5-6-7-19-8-11-22-17-23(13-12-21(22)16-19)25(27)28-24-14-9-20(18-26)10-15-24/h9-10,14-15,19,21-23H,2-8,11-13,16-17H2,1H3. The SMILES string of the molecule is CCCCCCCC1CCC2CC(C(=O)Oc3ccc(C#N)cc3)CCC2C1. The van der Waals surface area contributed by atoms with Crippen LogP contribution in [0, 0.1) is 35.0 Å². The second-order valence-electron chi connectivity index (χ2n) is 8.97. The van der Waals surface area contributed by atoms with Gasteiger partial charge in [-0.25, -0.2) is 0 Å². The number of carbonyl (C=O) groups excluding carboxylic acids is 1. The number of esters is 1. The van der Waals surface area contributed by atoms with Crippen LogP contribution < -0.4 is 4.74 Å². The molecule has 3 heteroatoms. The Balaban J connectivity index is 1.41. The van der Waals surface area contributed by atoms with Gasteiger partial charge in [-0.15, -0.1) is 0 Å². The van der Waals surface area contributed by atoms with Gasteiger partial charge < -0.3 is 4.74 Å². The number of nitrogens with zero attached hydrogens (tertiary/aromatic N) is 1. The molecule has 152 valence electrons. The van der Waals surface area contributed by atoms with Crippen LogP contribution in [0.2, 0.25) is 0 Å². The van der Waals surface area contributed by atoms with E-state index in [1.165, 1.54) is 64.2 Å². The lowest BCUT2D eigenvalue weighted by Gasteiger charge is -2.41. The summed E-state index contributed by atoms with van der Waals surface area (Å²) < 4.78 is 5.59. The molecule has 0 amide bonds. The average molecular weight is 382 g/mol. The van der Waals surface area contributed by atoms with E-state index in [-0.39, 0.29) is 11.9 Å². The van der Waals surface area contributed by atoms with Gasteiger partial charge in [0.1, 0.15) is 5.75 Å². The van der Waals surface area contributed by atoms with Crippen LogP contribution in [0.3, 0.4) is 0 Å². The Morgan fingerprint density at radius 3 is 2.46 bits per heavy atom. The van der Waals surface area contributed by atoms with E-state index in [2.05, 4.69) is 13.0 Å². The Labute approximate surface area is 170 Å². The zero-order valence-corrected chi connectivity index (χ0v) is 17.4. The first-order valence-corrected chi connectivity index (χ1v) is 11.4. The van der Waals surface area contributed by atoms with Crippen LogP contribution in [0.15, 0.2) is 24.3 Å². The molecule has 0 aromatic heterocycles. The van der Waals surface area contributed by atoms with Crippen molar-refractivity contribution in [2.45, 2.75) is 84.0 Å². The van der Waals surface area contributed by atoms with Crippen LogP contribution in [-0.2, 0) is 4.79 Å². The Morgan fingerprint density at radius 1 is 1.00 bits per heavy atom. The van der Waals surface area contributed by atoms with E-state index < -0.39 is 0 Å². The molecule has 2 saturated carbocycles.